The first-order chi connectivity index (χ1) is 3.70. The summed E-state index contributed by atoms with van der Waals surface area (Å²) < 4.78 is 1.22. The Morgan fingerprint density at radius 2 is 2.50 bits per heavy atom. The number of aromatic hydroxyl groups is 1. The summed E-state index contributed by atoms with van der Waals surface area (Å²) in [6.07, 6.45) is 0. The van der Waals surface area contributed by atoms with Crippen LogP contribution in [0.4, 0.5) is 0 Å². The van der Waals surface area contributed by atoms with Crippen molar-refractivity contribution in [3.63, 3.8) is 0 Å². The van der Waals surface area contributed by atoms with Crippen molar-refractivity contribution in [3.05, 3.63) is 10.5 Å². The van der Waals surface area contributed by atoms with E-state index in [-0.39, 0.29) is 5.19 Å². The highest BCUT2D eigenvalue weighted by Gasteiger charge is 1.97. The number of hydrogen-bond donors (Lipinski definition) is 1. The third-order valence-corrected chi connectivity index (χ3v) is 2.08. The predicted molar refractivity (Wildman–Crippen MR) is 37.5 cm³/mol. The molecule has 0 aliphatic carbocycles. The van der Waals surface area contributed by atoms with Gasteiger partial charge in [-0.1, -0.05) is 0 Å². The number of hydrogen-bond acceptors (Lipinski definition) is 4. The molecule has 0 atom stereocenters. The molecule has 1 aromatic rings. The molecule has 0 bridgehead atoms. The number of aromatic nitrogens is 2. The van der Waals surface area contributed by atoms with Crippen LogP contribution in [0.15, 0.2) is 4.79 Å². The average molecular weight is 244 g/mol. The Hall–Kier alpha value is -0.110. The first-order valence-electron chi connectivity index (χ1n) is 1.65. The van der Waals surface area contributed by atoms with E-state index in [0.29, 0.717) is 0 Å². The fraction of sp³-hybridized carbons (Fsp3) is 0. The van der Waals surface area contributed by atoms with Crippen molar-refractivity contribution in [1.82, 2.24) is 7.15 Å². The standard InChI is InChI=1S/C2HIN2O2S/c3-5-1(6)4-2(7)8-5/h(H,4,6,7). The summed E-state index contributed by atoms with van der Waals surface area (Å²) in [6.45, 7) is 0. The number of rotatable bonds is 0. The number of nitrogens with zero attached hydrogens (tertiary/aromatic N) is 2. The average Bonchev–Trinajstić information content (AvgIpc) is 1.85. The van der Waals surface area contributed by atoms with Crippen molar-refractivity contribution in [2.45, 2.75) is 0 Å². The van der Waals surface area contributed by atoms with E-state index in [2.05, 4.69) is 4.98 Å². The van der Waals surface area contributed by atoms with Crippen molar-refractivity contribution in [2.75, 3.05) is 0 Å². The van der Waals surface area contributed by atoms with Gasteiger partial charge in [0.05, 0.1) is 22.9 Å². The molecule has 0 spiro atoms. The largest absolute Gasteiger partial charge is 0.485 e. The van der Waals surface area contributed by atoms with E-state index in [1.165, 1.54) is 2.17 Å². The number of halogens is 1. The third-order valence-electron chi connectivity index (χ3n) is 0.503. The van der Waals surface area contributed by atoms with Gasteiger partial charge in [-0.25, -0.2) is 4.79 Å². The summed E-state index contributed by atoms with van der Waals surface area (Å²) in [5.74, 6) is 0. The maximum absolute atomic E-state index is 10.3. The molecule has 4 nitrogen and oxygen atoms in total. The van der Waals surface area contributed by atoms with Crippen LogP contribution in [0.3, 0.4) is 0 Å². The summed E-state index contributed by atoms with van der Waals surface area (Å²) >= 11 is 2.65. The molecular formula is C2HIN2O2S. The topological polar surface area (TPSA) is 55.1 Å². The Labute approximate surface area is 62.4 Å². The van der Waals surface area contributed by atoms with E-state index < -0.39 is 5.69 Å². The first kappa shape index (κ1) is 6.02. The quantitative estimate of drug-likeness (QED) is 0.663. The molecule has 0 radical (unpaired) electrons. The van der Waals surface area contributed by atoms with Gasteiger partial charge in [-0.05, 0) is 0 Å². The van der Waals surface area contributed by atoms with E-state index in [9.17, 15) is 4.79 Å². The van der Waals surface area contributed by atoms with E-state index >= 15 is 0 Å². The lowest BCUT2D eigenvalue weighted by Gasteiger charge is -1.70. The van der Waals surface area contributed by atoms with Crippen molar-refractivity contribution < 1.29 is 5.11 Å². The van der Waals surface area contributed by atoms with Crippen molar-refractivity contribution >= 4 is 34.4 Å². The predicted octanol–water partition coefficient (Wildman–Crippen LogP) is 0.209. The lowest BCUT2D eigenvalue weighted by Crippen LogP contribution is -2.05. The summed E-state index contributed by atoms with van der Waals surface area (Å²) in [7, 11) is 0. The highest BCUT2D eigenvalue weighted by molar-refractivity contribution is 14.1. The summed E-state index contributed by atoms with van der Waals surface area (Å²) in [4.78, 5) is 13.5. The molecule has 1 aromatic heterocycles. The van der Waals surface area contributed by atoms with Crippen molar-refractivity contribution in [1.29, 1.82) is 0 Å². The van der Waals surface area contributed by atoms with Crippen LogP contribution in [0.2, 0.25) is 0 Å². The minimum atomic E-state index is -0.423. The molecule has 0 saturated heterocycles. The molecule has 8 heavy (non-hydrogen) atoms. The Morgan fingerprint density at radius 1 is 1.88 bits per heavy atom. The fourth-order valence-electron chi connectivity index (χ4n) is 0.252. The highest BCUT2D eigenvalue weighted by atomic mass is 127. The third kappa shape index (κ3) is 0.996. The summed E-state index contributed by atoms with van der Waals surface area (Å²) in [5, 5.41) is 8.33. The van der Waals surface area contributed by atoms with Crippen molar-refractivity contribution in [3.8, 4) is 5.19 Å². The van der Waals surface area contributed by atoms with Crippen LogP contribution in [-0.2, 0) is 0 Å². The van der Waals surface area contributed by atoms with Gasteiger partial charge in [0.2, 0.25) is 0 Å². The van der Waals surface area contributed by atoms with Crippen LogP contribution in [-0.4, -0.2) is 12.3 Å². The highest BCUT2D eigenvalue weighted by Crippen LogP contribution is 2.09. The molecule has 1 heterocycles. The summed E-state index contributed by atoms with van der Waals surface area (Å²) in [5.41, 5.74) is -0.423. The molecule has 1 N–H and O–H groups in total. The normalized spacial score (nSPS) is 9.62. The second kappa shape index (κ2) is 2.02. The maximum Gasteiger partial charge on any atom is 0.370 e. The van der Waals surface area contributed by atoms with Gasteiger partial charge in [-0.2, -0.15) is 2.17 Å². The molecule has 0 saturated carbocycles. The van der Waals surface area contributed by atoms with E-state index in [4.69, 9.17) is 5.11 Å². The lowest BCUT2D eigenvalue weighted by molar-refractivity contribution is 0.470. The molecule has 0 amide bonds. The zero-order valence-electron chi connectivity index (χ0n) is 3.54. The van der Waals surface area contributed by atoms with Gasteiger partial charge in [-0.15, -0.1) is 4.98 Å². The Kier molecular flexibility index (Phi) is 1.52. The van der Waals surface area contributed by atoms with Crippen LogP contribution in [0, 0.1) is 0 Å². The van der Waals surface area contributed by atoms with Crippen molar-refractivity contribution in [2.24, 2.45) is 0 Å². The SMILES string of the molecule is O=c1nc(O)sn1I. The first-order valence-corrected chi connectivity index (χ1v) is 3.39. The molecule has 1 rings (SSSR count). The van der Waals surface area contributed by atoms with E-state index in [0.717, 1.165) is 11.5 Å². The monoisotopic (exact) mass is 244 g/mol. The smallest absolute Gasteiger partial charge is 0.370 e. The van der Waals surface area contributed by atoms with Crippen LogP contribution in [0.1, 0.15) is 0 Å². The zero-order chi connectivity index (χ0) is 6.15. The van der Waals surface area contributed by atoms with Gasteiger partial charge >= 0.3 is 5.69 Å². The van der Waals surface area contributed by atoms with Crippen LogP contribution in [0.25, 0.3) is 0 Å². The van der Waals surface area contributed by atoms with Crippen LogP contribution in [0.5, 0.6) is 5.19 Å². The minimum Gasteiger partial charge on any atom is -0.485 e. The molecule has 6 heteroatoms. The van der Waals surface area contributed by atoms with E-state index in [1.807, 2.05) is 0 Å². The fourth-order valence-corrected chi connectivity index (χ4v) is 1.27. The van der Waals surface area contributed by atoms with Gasteiger partial charge in [0.25, 0.3) is 5.19 Å². The Morgan fingerprint density at radius 3 is 2.62 bits per heavy atom. The molecule has 0 aliphatic heterocycles. The van der Waals surface area contributed by atoms with E-state index in [1.54, 1.807) is 22.9 Å². The lowest BCUT2D eigenvalue weighted by atomic mass is 11.2. The molecule has 0 unspecified atom stereocenters. The second-order valence-corrected chi connectivity index (χ2v) is 3.55. The molecule has 44 valence electrons. The Balaban J connectivity index is 3.35. The van der Waals surface area contributed by atoms with Gasteiger partial charge < -0.3 is 5.11 Å². The van der Waals surface area contributed by atoms with Gasteiger partial charge in [0.1, 0.15) is 0 Å². The van der Waals surface area contributed by atoms with Gasteiger partial charge in [-0.3, -0.25) is 0 Å². The molecule has 0 aliphatic rings. The van der Waals surface area contributed by atoms with Crippen LogP contribution >= 0.6 is 34.4 Å². The Bertz CT molecular complexity index is 240. The maximum atomic E-state index is 10.3. The van der Waals surface area contributed by atoms with Gasteiger partial charge in [0, 0.05) is 11.5 Å². The molecule has 0 aromatic carbocycles. The second-order valence-electron chi connectivity index (χ2n) is 1.01. The summed E-state index contributed by atoms with van der Waals surface area (Å²) in [6, 6.07) is 0. The molecule has 0 fully saturated rings. The minimum absolute atomic E-state index is 0.190. The van der Waals surface area contributed by atoms with Crippen LogP contribution < -0.4 is 5.69 Å². The zero-order valence-corrected chi connectivity index (χ0v) is 6.51. The molecular weight excluding hydrogens is 243 g/mol. The van der Waals surface area contributed by atoms with Gasteiger partial charge in [0.15, 0.2) is 0 Å².